The fourth-order valence-corrected chi connectivity index (χ4v) is 2.90. The van der Waals surface area contributed by atoms with Crippen molar-refractivity contribution >= 4 is 5.69 Å². The van der Waals surface area contributed by atoms with Crippen molar-refractivity contribution in [2.24, 2.45) is 0 Å². The molecule has 1 heterocycles. The summed E-state index contributed by atoms with van der Waals surface area (Å²) in [6.07, 6.45) is 2.40. The highest BCUT2D eigenvalue weighted by molar-refractivity contribution is 5.48. The van der Waals surface area contributed by atoms with Crippen LogP contribution in [0.1, 0.15) is 38.3 Å². The maximum absolute atomic E-state index is 10.0. The van der Waals surface area contributed by atoms with E-state index in [9.17, 15) is 5.11 Å². The molecule has 0 aromatic heterocycles. The average molecular weight is 262 g/mol. The highest BCUT2D eigenvalue weighted by atomic mass is 16.3. The molecule has 0 aliphatic carbocycles. The topological polar surface area (TPSA) is 26.7 Å². The predicted octanol–water partition coefficient (Wildman–Crippen LogP) is 2.66. The molecule has 0 spiro atoms. The lowest BCUT2D eigenvalue weighted by atomic mass is 10.0. The number of hydrogen-bond acceptors (Lipinski definition) is 3. The van der Waals surface area contributed by atoms with Gasteiger partial charge < -0.3 is 10.0 Å². The molecule has 0 unspecified atom stereocenters. The molecule has 0 amide bonds. The molecule has 1 aromatic carbocycles. The Morgan fingerprint density at radius 3 is 2.74 bits per heavy atom. The summed E-state index contributed by atoms with van der Waals surface area (Å²) in [5.41, 5.74) is 1.99. The first-order chi connectivity index (χ1) is 8.87. The summed E-state index contributed by atoms with van der Waals surface area (Å²) in [6.45, 7) is 5.60. The van der Waals surface area contributed by atoms with Gasteiger partial charge >= 0.3 is 0 Å². The summed E-state index contributed by atoms with van der Waals surface area (Å²) in [5.74, 6) is 0. The van der Waals surface area contributed by atoms with Crippen molar-refractivity contribution in [2.45, 2.75) is 38.3 Å². The van der Waals surface area contributed by atoms with Gasteiger partial charge in [-0.25, -0.2) is 0 Å². The van der Waals surface area contributed by atoms with Crippen LogP contribution >= 0.6 is 0 Å². The van der Waals surface area contributed by atoms with E-state index in [4.69, 9.17) is 0 Å². The number of likely N-dealkylation sites (tertiary alicyclic amines) is 1. The second kappa shape index (κ2) is 5.51. The monoisotopic (exact) mass is 262 g/mol. The Morgan fingerprint density at radius 2 is 2.11 bits per heavy atom. The van der Waals surface area contributed by atoms with Crippen LogP contribution in [0.15, 0.2) is 24.3 Å². The van der Waals surface area contributed by atoms with Gasteiger partial charge in [-0.15, -0.1) is 0 Å². The van der Waals surface area contributed by atoms with Crippen LogP contribution in [-0.4, -0.2) is 42.8 Å². The number of β-amino-alcohol motifs (C(OH)–C–C–N with tert-alkyl or cyclic N) is 1. The van der Waals surface area contributed by atoms with Gasteiger partial charge in [0.25, 0.3) is 0 Å². The zero-order valence-electron chi connectivity index (χ0n) is 12.6. The summed E-state index contributed by atoms with van der Waals surface area (Å²) in [5, 5.41) is 10.0. The van der Waals surface area contributed by atoms with Crippen LogP contribution in [0.2, 0.25) is 0 Å². The van der Waals surface area contributed by atoms with Crippen molar-refractivity contribution in [1.29, 1.82) is 0 Å². The van der Waals surface area contributed by atoms with Crippen LogP contribution < -0.4 is 4.90 Å². The second-order valence-electron chi connectivity index (χ2n) is 6.43. The molecule has 1 atom stereocenters. The number of aliphatic hydroxyl groups is 1. The Bertz CT molecular complexity index is 423. The summed E-state index contributed by atoms with van der Waals surface area (Å²) < 4.78 is 0. The van der Waals surface area contributed by atoms with E-state index in [0.717, 1.165) is 13.1 Å². The van der Waals surface area contributed by atoms with Crippen molar-refractivity contribution in [3.63, 3.8) is 0 Å². The summed E-state index contributed by atoms with van der Waals surface area (Å²) in [7, 11) is 4.14. The molecule has 1 saturated heterocycles. The highest BCUT2D eigenvalue weighted by Gasteiger charge is 2.29. The van der Waals surface area contributed by atoms with Gasteiger partial charge in [-0.1, -0.05) is 12.1 Å². The summed E-state index contributed by atoms with van der Waals surface area (Å²) in [6, 6.07) is 9.20. The van der Waals surface area contributed by atoms with Crippen molar-refractivity contribution < 1.29 is 5.11 Å². The Labute approximate surface area is 116 Å². The maximum atomic E-state index is 10.0. The molecule has 19 heavy (non-hydrogen) atoms. The highest BCUT2D eigenvalue weighted by Crippen LogP contribution is 2.34. The standard InChI is InChI=1S/C16H26N2O/c1-16(2,19)12-18-10-6-9-15(18)13-7-5-8-14(11-13)17(3)4/h5,7-8,11,15,19H,6,9-10,12H2,1-4H3/t15-/m1/s1. The van der Waals surface area contributed by atoms with Gasteiger partial charge in [-0.2, -0.15) is 0 Å². The molecular weight excluding hydrogens is 236 g/mol. The minimum Gasteiger partial charge on any atom is -0.389 e. The van der Waals surface area contributed by atoms with Crippen molar-refractivity contribution in [1.82, 2.24) is 4.90 Å². The number of hydrogen-bond donors (Lipinski definition) is 1. The summed E-state index contributed by atoms with van der Waals surface area (Å²) >= 11 is 0. The Hall–Kier alpha value is -1.06. The van der Waals surface area contributed by atoms with E-state index in [1.165, 1.54) is 24.1 Å². The van der Waals surface area contributed by atoms with Gasteiger partial charge in [0.15, 0.2) is 0 Å². The molecule has 1 aromatic rings. The first-order valence-electron chi connectivity index (χ1n) is 7.10. The number of nitrogens with zero attached hydrogens (tertiary/aromatic N) is 2. The third-order valence-electron chi connectivity index (χ3n) is 3.73. The van der Waals surface area contributed by atoms with Crippen LogP contribution in [0, 0.1) is 0 Å². The quantitative estimate of drug-likeness (QED) is 0.903. The van der Waals surface area contributed by atoms with E-state index in [0.29, 0.717) is 6.04 Å². The normalized spacial score (nSPS) is 20.8. The first kappa shape index (κ1) is 14.4. The molecule has 1 fully saturated rings. The molecule has 0 saturated carbocycles. The molecule has 1 N–H and O–H groups in total. The van der Waals surface area contributed by atoms with Gasteiger partial charge in [0, 0.05) is 32.4 Å². The largest absolute Gasteiger partial charge is 0.389 e. The van der Waals surface area contributed by atoms with E-state index >= 15 is 0 Å². The van der Waals surface area contributed by atoms with Crippen molar-refractivity contribution in [2.75, 3.05) is 32.1 Å². The summed E-state index contributed by atoms with van der Waals surface area (Å²) in [4.78, 5) is 4.55. The fourth-order valence-electron chi connectivity index (χ4n) is 2.90. The van der Waals surface area contributed by atoms with Crippen molar-refractivity contribution in [3.05, 3.63) is 29.8 Å². The Kier molecular flexibility index (Phi) is 4.16. The molecule has 3 heteroatoms. The molecule has 1 aliphatic rings. The van der Waals surface area contributed by atoms with E-state index in [1.54, 1.807) is 0 Å². The zero-order chi connectivity index (χ0) is 14.0. The van der Waals surface area contributed by atoms with Crippen LogP contribution in [0.5, 0.6) is 0 Å². The average Bonchev–Trinajstić information content (AvgIpc) is 2.75. The van der Waals surface area contributed by atoms with Crippen LogP contribution in [0.3, 0.4) is 0 Å². The number of benzene rings is 1. The SMILES string of the molecule is CN(C)c1cccc([C@H]2CCCN2CC(C)(C)O)c1. The van der Waals surface area contributed by atoms with E-state index < -0.39 is 5.60 Å². The predicted molar refractivity (Wildman–Crippen MR) is 80.6 cm³/mol. The smallest absolute Gasteiger partial charge is 0.0718 e. The van der Waals surface area contributed by atoms with E-state index in [1.807, 2.05) is 13.8 Å². The molecule has 2 rings (SSSR count). The van der Waals surface area contributed by atoms with Crippen LogP contribution in [-0.2, 0) is 0 Å². The molecule has 0 radical (unpaired) electrons. The molecular formula is C16H26N2O. The lowest BCUT2D eigenvalue weighted by Crippen LogP contribution is -2.38. The molecule has 106 valence electrons. The molecule has 3 nitrogen and oxygen atoms in total. The van der Waals surface area contributed by atoms with Crippen LogP contribution in [0.25, 0.3) is 0 Å². The van der Waals surface area contributed by atoms with Crippen LogP contribution in [0.4, 0.5) is 5.69 Å². The molecule has 0 bridgehead atoms. The van der Waals surface area contributed by atoms with Gasteiger partial charge in [-0.3, -0.25) is 4.90 Å². The Morgan fingerprint density at radius 1 is 1.37 bits per heavy atom. The lowest BCUT2D eigenvalue weighted by Gasteiger charge is -2.31. The molecule has 1 aliphatic heterocycles. The van der Waals surface area contributed by atoms with E-state index in [2.05, 4.69) is 48.2 Å². The fraction of sp³-hybridized carbons (Fsp3) is 0.625. The number of anilines is 1. The Balaban J connectivity index is 2.18. The lowest BCUT2D eigenvalue weighted by molar-refractivity contribution is 0.0317. The van der Waals surface area contributed by atoms with Gasteiger partial charge in [0.1, 0.15) is 0 Å². The minimum atomic E-state index is -0.623. The van der Waals surface area contributed by atoms with Crippen molar-refractivity contribution in [3.8, 4) is 0 Å². The minimum absolute atomic E-state index is 0.450. The van der Waals surface area contributed by atoms with Gasteiger partial charge in [0.05, 0.1) is 5.60 Å². The second-order valence-corrected chi connectivity index (χ2v) is 6.43. The zero-order valence-corrected chi connectivity index (χ0v) is 12.6. The third-order valence-corrected chi connectivity index (χ3v) is 3.73. The third kappa shape index (κ3) is 3.71. The first-order valence-corrected chi connectivity index (χ1v) is 7.10. The van der Waals surface area contributed by atoms with Gasteiger partial charge in [-0.05, 0) is 50.9 Å². The van der Waals surface area contributed by atoms with Gasteiger partial charge in [0.2, 0.25) is 0 Å². The maximum Gasteiger partial charge on any atom is 0.0718 e. The number of rotatable bonds is 4. The van der Waals surface area contributed by atoms with E-state index in [-0.39, 0.29) is 0 Å².